The number of fused-ring (bicyclic) bond motifs is 3. The smallest absolute Gasteiger partial charge is 0.132 e. The summed E-state index contributed by atoms with van der Waals surface area (Å²) in [6.45, 7) is 13.7. The Hall–Kier alpha value is -2.74. The van der Waals surface area contributed by atoms with E-state index in [1.165, 1.54) is 70.5 Å². The molecule has 1 fully saturated rings. The molecule has 1 saturated carbocycles. The van der Waals surface area contributed by atoms with Gasteiger partial charge in [0, 0.05) is 22.3 Å². The van der Waals surface area contributed by atoms with E-state index in [4.69, 9.17) is 9.97 Å². The van der Waals surface area contributed by atoms with Crippen molar-refractivity contribution in [3.8, 4) is 11.3 Å². The zero-order valence-corrected chi connectivity index (χ0v) is 23.8. The second kappa shape index (κ2) is 10.9. The molecule has 0 radical (unpaired) electrons. The van der Waals surface area contributed by atoms with Gasteiger partial charge < -0.3 is 0 Å². The Balaban J connectivity index is 1.75. The third-order valence-electron chi connectivity index (χ3n) is 7.96. The molecule has 0 spiro atoms. The molecule has 0 unspecified atom stereocenters. The predicted molar refractivity (Wildman–Crippen MR) is 159 cm³/mol. The molecule has 194 valence electrons. The Morgan fingerprint density at radius 2 is 1.54 bits per heavy atom. The largest absolute Gasteiger partial charge is 0.232 e. The average Bonchev–Trinajstić information content (AvgIpc) is 2.87. The molecule has 1 aromatic heterocycles. The Morgan fingerprint density at radius 3 is 2.24 bits per heavy atom. The van der Waals surface area contributed by atoms with Crippen LogP contribution in [0.15, 0.2) is 48.5 Å². The second-order valence-electron chi connectivity index (χ2n) is 12.6. The van der Waals surface area contributed by atoms with Crippen LogP contribution in [-0.2, 0) is 12.8 Å². The number of hydrogen-bond donors (Lipinski definition) is 0. The van der Waals surface area contributed by atoms with E-state index in [-0.39, 0.29) is 5.92 Å². The third kappa shape index (κ3) is 5.59. The molecule has 0 saturated heterocycles. The highest BCUT2D eigenvalue weighted by atomic mass is 14.9. The van der Waals surface area contributed by atoms with E-state index in [9.17, 15) is 0 Å². The van der Waals surface area contributed by atoms with Crippen molar-refractivity contribution in [1.29, 1.82) is 0 Å². The minimum Gasteiger partial charge on any atom is -0.232 e. The van der Waals surface area contributed by atoms with Gasteiger partial charge in [-0.05, 0) is 77.6 Å². The van der Waals surface area contributed by atoms with Gasteiger partial charge in [-0.1, -0.05) is 97.2 Å². The summed E-state index contributed by atoms with van der Waals surface area (Å²) >= 11 is 0. The lowest BCUT2D eigenvalue weighted by molar-refractivity contribution is 0.443. The molecule has 4 aromatic rings. The first-order valence-corrected chi connectivity index (χ1v) is 14.7. The summed E-state index contributed by atoms with van der Waals surface area (Å²) in [6, 6.07) is 18.7. The van der Waals surface area contributed by atoms with Crippen molar-refractivity contribution in [2.24, 2.45) is 11.8 Å². The van der Waals surface area contributed by atoms with Crippen LogP contribution in [0.3, 0.4) is 0 Å². The zero-order chi connectivity index (χ0) is 26.1. The van der Waals surface area contributed by atoms with Gasteiger partial charge in [-0.2, -0.15) is 0 Å². The first-order chi connectivity index (χ1) is 17.8. The van der Waals surface area contributed by atoms with Crippen LogP contribution in [0.4, 0.5) is 0 Å². The van der Waals surface area contributed by atoms with Crippen molar-refractivity contribution < 1.29 is 0 Å². The summed E-state index contributed by atoms with van der Waals surface area (Å²) in [6.07, 6.45) is 8.89. The maximum Gasteiger partial charge on any atom is 0.132 e. The van der Waals surface area contributed by atoms with Crippen molar-refractivity contribution in [3.63, 3.8) is 0 Å². The lowest BCUT2D eigenvalue weighted by atomic mass is 9.83. The summed E-state index contributed by atoms with van der Waals surface area (Å²) < 4.78 is 0. The van der Waals surface area contributed by atoms with E-state index < -0.39 is 0 Å². The van der Waals surface area contributed by atoms with Crippen molar-refractivity contribution in [3.05, 3.63) is 71.0 Å². The molecular formula is C35H44N2. The fraction of sp³-hybridized carbons (Fsp3) is 0.486. The third-order valence-corrected chi connectivity index (χ3v) is 7.96. The molecule has 1 aliphatic carbocycles. The minimum atomic E-state index is 0.272. The summed E-state index contributed by atoms with van der Waals surface area (Å²) in [5, 5.41) is 3.82. The lowest BCUT2D eigenvalue weighted by Crippen LogP contribution is -2.06. The van der Waals surface area contributed by atoms with Crippen LogP contribution in [0.2, 0.25) is 0 Å². The van der Waals surface area contributed by atoms with Gasteiger partial charge in [-0.15, -0.1) is 0 Å². The van der Waals surface area contributed by atoms with Crippen LogP contribution >= 0.6 is 0 Å². The molecule has 1 heterocycles. The van der Waals surface area contributed by atoms with Gasteiger partial charge in [0.15, 0.2) is 0 Å². The Bertz CT molecular complexity index is 1390. The van der Waals surface area contributed by atoms with E-state index in [1.54, 1.807) is 0 Å². The summed E-state index contributed by atoms with van der Waals surface area (Å²) in [7, 11) is 0. The van der Waals surface area contributed by atoms with Crippen molar-refractivity contribution in [2.75, 3.05) is 0 Å². The highest BCUT2D eigenvalue weighted by Gasteiger charge is 2.20. The average molecular weight is 493 g/mol. The number of hydrogen-bond acceptors (Lipinski definition) is 2. The maximum absolute atomic E-state index is 5.25. The SMILES string of the molecule is CC(C)Cc1cc(CC(C)C)c2c(ccc3c(-c4cccc(C5CCCCC5)c4)nc(C(C)C)nc32)c1. The standard InChI is InChI=1S/C35H44N2/c1-22(2)17-25-19-28-15-16-31-33(29-14-10-13-27(21-29)26-11-8-7-9-12-26)36-35(24(5)6)37-34(31)32(28)30(20-25)18-23(3)4/h10,13-16,19-24,26H,7-9,11-12,17-18H2,1-6H3. The molecule has 0 aliphatic heterocycles. The number of rotatable bonds is 7. The van der Waals surface area contributed by atoms with Gasteiger partial charge in [-0.25, -0.2) is 9.97 Å². The van der Waals surface area contributed by atoms with E-state index in [0.717, 1.165) is 29.9 Å². The summed E-state index contributed by atoms with van der Waals surface area (Å²) in [4.78, 5) is 10.4. The minimum absolute atomic E-state index is 0.272. The molecule has 0 N–H and O–H groups in total. The van der Waals surface area contributed by atoms with Crippen molar-refractivity contribution in [1.82, 2.24) is 9.97 Å². The summed E-state index contributed by atoms with van der Waals surface area (Å²) in [5.41, 5.74) is 7.81. The van der Waals surface area contributed by atoms with E-state index in [0.29, 0.717) is 17.8 Å². The molecule has 2 nitrogen and oxygen atoms in total. The second-order valence-corrected chi connectivity index (χ2v) is 12.6. The molecule has 0 atom stereocenters. The molecular weight excluding hydrogens is 448 g/mol. The first-order valence-electron chi connectivity index (χ1n) is 14.7. The molecule has 37 heavy (non-hydrogen) atoms. The van der Waals surface area contributed by atoms with E-state index in [2.05, 4.69) is 90.1 Å². The van der Waals surface area contributed by atoms with Crippen molar-refractivity contribution >= 4 is 21.7 Å². The summed E-state index contributed by atoms with van der Waals surface area (Å²) in [5.74, 6) is 3.13. The monoisotopic (exact) mass is 492 g/mol. The Morgan fingerprint density at radius 1 is 0.784 bits per heavy atom. The van der Waals surface area contributed by atoms with Gasteiger partial charge in [0.25, 0.3) is 0 Å². The number of benzene rings is 3. The van der Waals surface area contributed by atoms with Crippen LogP contribution in [0, 0.1) is 11.8 Å². The Labute approximate surface area is 223 Å². The number of nitrogens with zero attached hydrogens (tertiary/aromatic N) is 2. The highest BCUT2D eigenvalue weighted by Crippen LogP contribution is 2.38. The van der Waals surface area contributed by atoms with Crippen LogP contribution in [0.25, 0.3) is 32.9 Å². The van der Waals surface area contributed by atoms with Gasteiger partial charge in [0.05, 0.1) is 11.2 Å². The zero-order valence-electron chi connectivity index (χ0n) is 23.8. The van der Waals surface area contributed by atoms with Gasteiger partial charge in [0.2, 0.25) is 0 Å². The Kier molecular flexibility index (Phi) is 7.65. The van der Waals surface area contributed by atoms with Crippen LogP contribution in [0.5, 0.6) is 0 Å². The van der Waals surface area contributed by atoms with Crippen molar-refractivity contribution in [2.45, 2.75) is 98.3 Å². The van der Waals surface area contributed by atoms with E-state index in [1.807, 2.05) is 0 Å². The lowest BCUT2D eigenvalue weighted by Gasteiger charge is -2.22. The topological polar surface area (TPSA) is 25.8 Å². The van der Waals surface area contributed by atoms with Crippen LogP contribution in [0.1, 0.15) is 108 Å². The number of aromatic nitrogens is 2. The normalized spacial score (nSPS) is 15.1. The van der Waals surface area contributed by atoms with Gasteiger partial charge in [0.1, 0.15) is 5.82 Å². The molecule has 0 bridgehead atoms. The van der Waals surface area contributed by atoms with E-state index >= 15 is 0 Å². The molecule has 0 amide bonds. The fourth-order valence-corrected chi connectivity index (χ4v) is 6.27. The predicted octanol–water partition coefficient (Wildman–Crippen LogP) is 10.0. The maximum atomic E-state index is 5.25. The molecule has 3 aromatic carbocycles. The molecule has 1 aliphatic rings. The van der Waals surface area contributed by atoms with Gasteiger partial charge in [-0.3, -0.25) is 0 Å². The van der Waals surface area contributed by atoms with Crippen LogP contribution in [-0.4, -0.2) is 9.97 Å². The fourth-order valence-electron chi connectivity index (χ4n) is 6.27. The van der Waals surface area contributed by atoms with Crippen LogP contribution < -0.4 is 0 Å². The highest BCUT2D eigenvalue weighted by molar-refractivity contribution is 6.10. The quantitative estimate of drug-likeness (QED) is 0.240. The van der Waals surface area contributed by atoms with Gasteiger partial charge >= 0.3 is 0 Å². The molecule has 2 heteroatoms. The first kappa shape index (κ1) is 25.9. The molecule has 5 rings (SSSR count).